The Morgan fingerprint density at radius 2 is 1.40 bits per heavy atom. The van der Waals surface area contributed by atoms with Crippen LogP contribution < -0.4 is 23.7 Å². The summed E-state index contributed by atoms with van der Waals surface area (Å²) in [6.07, 6.45) is 4.14. The Morgan fingerprint density at radius 1 is 0.760 bits per heavy atom. The van der Waals surface area contributed by atoms with Gasteiger partial charge in [-0.1, -0.05) is 6.07 Å². The van der Waals surface area contributed by atoms with E-state index in [1.807, 2.05) is 18.2 Å². The van der Waals surface area contributed by atoms with Gasteiger partial charge in [-0.05, 0) is 61.1 Å². The number of fused-ring (bicyclic) bond motifs is 1. The lowest BCUT2D eigenvalue weighted by Crippen LogP contribution is -1.97. The highest BCUT2D eigenvalue weighted by atomic mass is 16.7. The van der Waals surface area contributed by atoms with Gasteiger partial charge in [-0.25, -0.2) is 0 Å². The first kappa shape index (κ1) is 17.3. The number of unbranched alkanes of at least 4 members (excludes halogenated alkanes) is 1. The Hall–Kier alpha value is -2.56. The molecule has 0 aromatic heterocycles. The molecule has 5 heteroatoms. The molecule has 0 aliphatic carbocycles. The molecule has 0 radical (unpaired) electrons. The lowest BCUT2D eigenvalue weighted by Gasteiger charge is -2.14. The monoisotopic (exact) mass is 344 g/mol. The molecule has 134 valence electrons. The van der Waals surface area contributed by atoms with E-state index in [0.717, 1.165) is 37.2 Å². The molecule has 0 amide bonds. The van der Waals surface area contributed by atoms with Crippen molar-refractivity contribution < 1.29 is 23.7 Å². The standard InChI is InChI=1S/C20H24O5/c1-21-18-11-15(12-19(22-2)20(18)23-3)7-5-4-6-14-8-9-16-17(10-14)25-13-24-16/h8-12H,4-7,13H2,1-3H3. The summed E-state index contributed by atoms with van der Waals surface area (Å²) in [5.74, 6) is 3.72. The van der Waals surface area contributed by atoms with Crippen LogP contribution in [0.1, 0.15) is 24.0 Å². The van der Waals surface area contributed by atoms with Crippen LogP contribution in [-0.4, -0.2) is 28.1 Å². The molecule has 5 nitrogen and oxygen atoms in total. The maximum absolute atomic E-state index is 5.43. The van der Waals surface area contributed by atoms with E-state index in [0.29, 0.717) is 24.0 Å². The highest BCUT2D eigenvalue weighted by Gasteiger charge is 2.14. The van der Waals surface area contributed by atoms with Gasteiger partial charge in [0.1, 0.15) is 0 Å². The Balaban J connectivity index is 1.57. The summed E-state index contributed by atoms with van der Waals surface area (Å²) in [6, 6.07) is 10.2. The number of rotatable bonds is 8. The minimum Gasteiger partial charge on any atom is -0.493 e. The summed E-state index contributed by atoms with van der Waals surface area (Å²) in [5.41, 5.74) is 2.45. The first-order valence-corrected chi connectivity index (χ1v) is 8.42. The van der Waals surface area contributed by atoms with Gasteiger partial charge in [0.2, 0.25) is 12.5 Å². The summed E-state index contributed by atoms with van der Waals surface area (Å²) >= 11 is 0. The normalized spacial score (nSPS) is 12.1. The van der Waals surface area contributed by atoms with Gasteiger partial charge in [-0.2, -0.15) is 0 Å². The van der Waals surface area contributed by atoms with Crippen molar-refractivity contribution in [3.8, 4) is 28.7 Å². The van der Waals surface area contributed by atoms with Crippen LogP contribution in [-0.2, 0) is 12.8 Å². The van der Waals surface area contributed by atoms with Crippen molar-refractivity contribution in [2.24, 2.45) is 0 Å². The van der Waals surface area contributed by atoms with E-state index in [4.69, 9.17) is 23.7 Å². The molecule has 2 aromatic rings. The van der Waals surface area contributed by atoms with Crippen molar-refractivity contribution in [2.75, 3.05) is 28.1 Å². The number of hydrogen-bond acceptors (Lipinski definition) is 5. The van der Waals surface area contributed by atoms with Crippen LogP contribution in [0.25, 0.3) is 0 Å². The molecule has 0 saturated carbocycles. The van der Waals surface area contributed by atoms with Crippen molar-refractivity contribution in [3.05, 3.63) is 41.5 Å². The summed E-state index contributed by atoms with van der Waals surface area (Å²) in [4.78, 5) is 0. The molecule has 1 aliphatic rings. The summed E-state index contributed by atoms with van der Waals surface area (Å²) in [7, 11) is 4.90. The SMILES string of the molecule is COc1cc(CCCCc2ccc3c(c2)OCO3)cc(OC)c1OC. The lowest BCUT2D eigenvalue weighted by molar-refractivity contribution is 0.174. The minimum absolute atomic E-state index is 0.319. The quantitative estimate of drug-likeness (QED) is 0.677. The molecule has 3 rings (SSSR count). The van der Waals surface area contributed by atoms with Crippen molar-refractivity contribution in [1.82, 2.24) is 0 Å². The number of hydrogen-bond donors (Lipinski definition) is 0. The predicted molar refractivity (Wildman–Crippen MR) is 95.3 cm³/mol. The molecule has 25 heavy (non-hydrogen) atoms. The maximum Gasteiger partial charge on any atom is 0.231 e. The molecule has 0 N–H and O–H groups in total. The second kappa shape index (κ2) is 8.01. The van der Waals surface area contributed by atoms with Gasteiger partial charge in [-0.15, -0.1) is 0 Å². The van der Waals surface area contributed by atoms with Crippen LogP contribution in [0.5, 0.6) is 28.7 Å². The molecule has 1 aliphatic heterocycles. The smallest absolute Gasteiger partial charge is 0.231 e. The molecule has 0 saturated heterocycles. The Labute approximate surface area is 148 Å². The molecule has 1 heterocycles. The van der Waals surface area contributed by atoms with Crippen molar-refractivity contribution in [1.29, 1.82) is 0 Å². The summed E-state index contributed by atoms with van der Waals surface area (Å²) in [5, 5.41) is 0. The molecule has 0 unspecified atom stereocenters. The minimum atomic E-state index is 0.319. The first-order valence-electron chi connectivity index (χ1n) is 8.42. The molecular weight excluding hydrogens is 320 g/mol. The second-order valence-electron chi connectivity index (χ2n) is 5.93. The van der Waals surface area contributed by atoms with Crippen molar-refractivity contribution >= 4 is 0 Å². The number of benzene rings is 2. The fraction of sp³-hybridized carbons (Fsp3) is 0.400. The van der Waals surface area contributed by atoms with Crippen LogP contribution in [0.15, 0.2) is 30.3 Å². The van der Waals surface area contributed by atoms with E-state index in [-0.39, 0.29) is 0 Å². The van der Waals surface area contributed by atoms with Crippen LogP contribution in [0.4, 0.5) is 0 Å². The predicted octanol–water partition coefficient (Wildman–Crippen LogP) is 4.01. The average Bonchev–Trinajstić information content (AvgIpc) is 3.12. The molecule has 0 spiro atoms. The number of ether oxygens (including phenoxy) is 5. The third kappa shape index (κ3) is 3.92. The fourth-order valence-corrected chi connectivity index (χ4v) is 3.03. The zero-order valence-electron chi connectivity index (χ0n) is 15.0. The van der Waals surface area contributed by atoms with E-state index in [1.165, 1.54) is 11.1 Å². The van der Waals surface area contributed by atoms with Crippen LogP contribution in [0.3, 0.4) is 0 Å². The van der Waals surface area contributed by atoms with E-state index in [9.17, 15) is 0 Å². The van der Waals surface area contributed by atoms with E-state index >= 15 is 0 Å². The highest BCUT2D eigenvalue weighted by molar-refractivity contribution is 5.53. The third-order valence-corrected chi connectivity index (χ3v) is 4.34. The topological polar surface area (TPSA) is 46.2 Å². The van der Waals surface area contributed by atoms with Gasteiger partial charge in [0.15, 0.2) is 23.0 Å². The molecule has 0 bridgehead atoms. The Morgan fingerprint density at radius 3 is 2.04 bits per heavy atom. The molecule has 0 fully saturated rings. The summed E-state index contributed by atoms with van der Waals surface area (Å²) < 4.78 is 26.9. The molecular formula is C20H24O5. The van der Waals surface area contributed by atoms with Gasteiger partial charge < -0.3 is 23.7 Å². The zero-order chi connectivity index (χ0) is 17.6. The zero-order valence-corrected chi connectivity index (χ0v) is 15.0. The van der Waals surface area contributed by atoms with Crippen LogP contribution in [0, 0.1) is 0 Å². The maximum atomic E-state index is 5.43. The first-order chi connectivity index (χ1) is 12.2. The van der Waals surface area contributed by atoms with Gasteiger partial charge >= 0.3 is 0 Å². The summed E-state index contributed by atoms with van der Waals surface area (Å²) in [6.45, 7) is 0.319. The fourth-order valence-electron chi connectivity index (χ4n) is 3.03. The van der Waals surface area contributed by atoms with Gasteiger partial charge in [0, 0.05) is 0 Å². The second-order valence-corrected chi connectivity index (χ2v) is 5.93. The number of aryl methyl sites for hydroxylation is 2. The van der Waals surface area contributed by atoms with Crippen LogP contribution in [0.2, 0.25) is 0 Å². The number of methoxy groups -OCH3 is 3. The van der Waals surface area contributed by atoms with Gasteiger partial charge in [0.25, 0.3) is 0 Å². The third-order valence-electron chi connectivity index (χ3n) is 4.34. The van der Waals surface area contributed by atoms with Crippen LogP contribution >= 0.6 is 0 Å². The van der Waals surface area contributed by atoms with E-state index < -0.39 is 0 Å². The van der Waals surface area contributed by atoms with Gasteiger partial charge in [0.05, 0.1) is 21.3 Å². The molecule has 0 atom stereocenters. The van der Waals surface area contributed by atoms with Crippen molar-refractivity contribution in [2.45, 2.75) is 25.7 Å². The van der Waals surface area contributed by atoms with Gasteiger partial charge in [-0.3, -0.25) is 0 Å². The lowest BCUT2D eigenvalue weighted by atomic mass is 10.0. The Bertz CT molecular complexity index is 701. The Kier molecular flexibility index (Phi) is 5.53. The van der Waals surface area contributed by atoms with E-state index in [2.05, 4.69) is 12.1 Å². The largest absolute Gasteiger partial charge is 0.493 e. The molecule has 2 aromatic carbocycles. The highest BCUT2D eigenvalue weighted by Crippen LogP contribution is 2.38. The van der Waals surface area contributed by atoms with E-state index in [1.54, 1.807) is 21.3 Å². The average molecular weight is 344 g/mol. The van der Waals surface area contributed by atoms with Crippen molar-refractivity contribution in [3.63, 3.8) is 0 Å².